The molecule has 1 saturated carbocycles. The van der Waals surface area contributed by atoms with E-state index >= 15 is 0 Å². The first-order valence-electron chi connectivity index (χ1n) is 8.38. The van der Waals surface area contributed by atoms with Crippen LogP contribution in [0, 0.1) is 17.3 Å². The predicted octanol–water partition coefficient (Wildman–Crippen LogP) is 2.62. The molecule has 0 aromatic rings. The number of aliphatic hydroxyl groups is 1. The second-order valence-corrected chi connectivity index (χ2v) is 8.64. The number of rotatable bonds is 2. The SMILES string of the molecule is CC1(O)CCCN(CC2CC(C(C)(C)C)CCC2N)C1. The Morgan fingerprint density at radius 1 is 1.30 bits per heavy atom. The summed E-state index contributed by atoms with van der Waals surface area (Å²) in [6.45, 7) is 12.1. The van der Waals surface area contributed by atoms with Gasteiger partial charge in [0.1, 0.15) is 0 Å². The van der Waals surface area contributed by atoms with Gasteiger partial charge < -0.3 is 15.7 Å². The van der Waals surface area contributed by atoms with Crippen molar-refractivity contribution in [3.8, 4) is 0 Å². The molecular formula is C17H34N2O. The van der Waals surface area contributed by atoms with Crippen molar-refractivity contribution >= 4 is 0 Å². The highest BCUT2D eigenvalue weighted by Crippen LogP contribution is 2.40. The summed E-state index contributed by atoms with van der Waals surface area (Å²) < 4.78 is 0. The molecule has 4 atom stereocenters. The van der Waals surface area contributed by atoms with Gasteiger partial charge in [0.05, 0.1) is 5.60 Å². The van der Waals surface area contributed by atoms with Crippen molar-refractivity contribution in [2.45, 2.75) is 71.4 Å². The Balaban J connectivity index is 1.93. The van der Waals surface area contributed by atoms with Gasteiger partial charge in [-0.15, -0.1) is 0 Å². The van der Waals surface area contributed by atoms with Crippen LogP contribution in [0.4, 0.5) is 0 Å². The fraction of sp³-hybridized carbons (Fsp3) is 1.00. The van der Waals surface area contributed by atoms with Crippen LogP contribution in [0.1, 0.15) is 59.8 Å². The lowest BCUT2D eigenvalue weighted by atomic mass is 9.67. The van der Waals surface area contributed by atoms with E-state index in [1.165, 1.54) is 12.8 Å². The molecule has 3 N–H and O–H groups in total. The molecule has 1 heterocycles. The molecule has 0 amide bonds. The number of β-amino-alcohol motifs (C(OH)–C–C–N with tert-alkyl or cyclic N) is 1. The lowest BCUT2D eigenvalue weighted by Crippen LogP contribution is -2.51. The predicted molar refractivity (Wildman–Crippen MR) is 84.6 cm³/mol. The molecule has 2 fully saturated rings. The van der Waals surface area contributed by atoms with Crippen LogP contribution in [0.15, 0.2) is 0 Å². The van der Waals surface area contributed by atoms with E-state index in [1.54, 1.807) is 0 Å². The van der Waals surface area contributed by atoms with E-state index in [1.807, 2.05) is 6.92 Å². The van der Waals surface area contributed by atoms with Gasteiger partial charge in [-0.05, 0) is 62.8 Å². The van der Waals surface area contributed by atoms with Gasteiger partial charge in [0.15, 0.2) is 0 Å². The molecule has 20 heavy (non-hydrogen) atoms. The van der Waals surface area contributed by atoms with Crippen LogP contribution in [0.2, 0.25) is 0 Å². The summed E-state index contributed by atoms with van der Waals surface area (Å²) in [5.74, 6) is 1.39. The van der Waals surface area contributed by atoms with E-state index in [9.17, 15) is 5.11 Å². The average Bonchev–Trinajstić information content (AvgIpc) is 2.29. The van der Waals surface area contributed by atoms with E-state index < -0.39 is 5.60 Å². The van der Waals surface area contributed by atoms with Gasteiger partial charge >= 0.3 is 0 Å². The Bertz CT molecular complexity index is 321. The minimum atomic E-state index is -0.500. The Labute approximate surface area is 124 Å². The quantitative estimate of drug-likeness (QED) is 0.818. The van der Waals surface area contributed by atoms with E-state index in [2.05, 4.69) is 25.7 Å². The van der Waals surface area contributed by atoms with Crippen molar-refractivity contribution in [2.24, 2.45) is 23.0 Å². The second kappa shape index (κ2) is 5.94. The summed E-state index contributed by atoms with van der Waals surface area (Å²) in [4.78, 5) is 2.44. The zero-order valence-electron chi connectivity index (χ0n) is 13.9. The summed E-state index contributed by atoms with van der Waals surface area (Å²) in [5, 5.41) is 10.2. The fourth-order valence-corrected chi connectivity index (χ4v) is 4.09. The van der Waals surface area contributed by atoms with Gasteiger partial charge in [0, 0.05) is 19.1 Å². The maximum atomic E-state index is 10.2. The molecule has 1 aliphatic carbocycles. The summed E-state index contributed by atoms with van der Waals surface area (Å²) in [6, 6.07) is 0.348. The fourth-order valence-electron chi connectivity index (χ4n) is 4.09. The van der Waals surface area contributed by atoms with Gasteiger partial charge in [0.2, 0.25) is 0 Å². The maximum Gasteiger partial charge on any atom is 0.0746 e. The highest BCUT2D eigenvalue weighted by Gasteiger charge is 2.36. The first kappa shape index (κ1) is 16.3. The van der Waals surface area contributed by atoms with E-state index in [4.69, 9.17) is 5.73 Å². The smallest absolute Gasteiger partial charge is 0.0746 e. The van der Waals surface area contributed by atoms with E-state index in [0.29, 0.717) is 17.4 Å². The van der Waals surface area contributed by atoms with Gasteiger partial charge in [-0.2, -0.15) is 0 Å². The zero-order chi connectivity index (χ0) is 15.0. The lowest BCUT2D eigenvalue weighted by Gasteiger charge is -2.44. The molecule has 3 heteroatoms. The molecule has 4 unspecified atom stereocenters. The summed E-state index contributed by atoms with van der Waals surface area (Å²) >= 11 is 0. The Kier molecular flexibility index (Phi) is 4.83. The molecule has 2 rings (SSSR count). The minimum absolute atomic E-state index is 0.348. The van der Waals surface area contributed by atoms with Crippen molar-refractivity contribution in [1.82, 2.24) is 4.90 Å². The lowest BCUT2D eigenvalue weighted by molar-refractivity contribution is -0.0255. The number of piperidine rings is 1. The molecule has 0 bridgehead atoms. The molecule has 1 aliphatic heterocycles. The number of nitrogens with two attached hydrogens (primary N) is 1. The van der Waals surface area contributed by atoms with Crippen LogP contribution in [-0.4, -0.2) is 41.3 Å². The second-order valence-electron chi connectivity index (χ2n) is 8.64. The van der Waals surface area contributed by atoms with Gasteiger partial charge in [-0.1, -0.05) is 20.8 Å². The Hall–Kier alpha value is -0.120. The van der Waals surface area contributed by atoms with Gasteiger partial charge in [0.25, 0.3) is 0 Å². The number of nitrogens with zero attached hydrogens (tertiary/aromatic N) is 1. The Morgan fingerprint density at radius 2 is 2.00 bits per heavy atom. The first-order valence-corrected chi connectivity index (χ1v) is 8.38. The average molecular weight is 282 g/mol. The van der Waals surface area contributed by atoms with Crippen LogP contribution in [0.5, 0.6) is 0 Å². The van der Waals surface area contributed by atoms with Crippen LogP contribution in [0.3, 0.4) is 0 Å². The van der Waals surface area contributed by atoms with Gasteiger partial charge in [-0.3, -0.25) is 0 Å². The van der Waals surface area contributed by atoms with E-state index in [0.717, 1.165) is 44.8 Å². The van der Waals surface area contributed by atoms with Crippen molar-refractivity contribution in [2.75, 3.05) is 19.6 Å². The molecular weight excluding hydrogens is 248 g/mol. The first-order chi connectivity index (χ1) is 9.17. The van der Waals surface area contributed by atoms with Crippen LogP contribution in [-0.2, 0) is 0 Å². The third kappa shape index (κ3) is 4.19. The van der Waals surface area contributed by atoms with E-state index in [-0.39, 0.29) is 0 Å². The number of likely N-dealkylation sites (tertiary alicyclic amines) is 1. The normalized spacial score (nSPS) is 40.8. The molecule has 0 spiro atoms. The monoisotopic (exact) mass is 282 g/mol. The van der Waals surface area contributed by atoms with Gasteiger partial charge in [-0.25, -0.2) is 0 Å². The summed E-state index contributed by atoms with van der Waals surface area (Å²) in [6.07, 6.45) is 5.74. The number of hydrogen-bond acceptors (Lipinski definition) is 3. The molecule has 2 aliphatic rings. The third-order valence-corrected chi connectivity index (χ3v) is 5.51. The largest absolute Gasteiger partial charge is 0.389 e. The standard InChI is InChI=1S/C17H34N2O/c1-16(2,3)14-6-7-15(18)13(10-14)11-19-9-5-8-17(4,20)12-19/h13-15,20H,5-12,18H2,1-4H3. The topological polar surface area (TPSA) is 49.5 Å². The van der Waals surface area contributed by atoms with Crippen LogP contribution in [0.25, 0.3) is 0 Å². The van der Waals surface area contributed by atoms with Crippen molar-refractivity contribution in [1.29, 1.82) is 0 Å². The summed E-state index contributed by atoms with van der Waals surface area (Å²) in [7, 11) is 0. The number of hydrogen-bond donors (Lipinski definition) is 2. The minimum Gasteiger partial charge on any atom is -0.389 e. The maximum absolute atomic E-state index is 10.2. The third-order valence-electron chi connectivity index (χ3n) is 5.51. The van der Waals surface area contributed by atoms with Crippen molar-refractivity contribution in [3.63, 3.8) is 0 Å². The van der Waals surface area contributed by atoms with Crippen LogP contribution >= 0.6 is 0 Å². The highest BCUT2D eigenvalue weighted by atomic mass is 16.3. The van der Waals surface area contributed by atoms with Crippen molar-refractivity contribution in [3.05, 3.63) is 0 Å². The van der Waals surface area contributed by atoms with Crippen molar-refractivity contribution < 1.29 is 5.11 Å². The molecule has 1 saturated heterocycles. The Morgan fingerprint density at radius 3 is 2.60 bits per heavy atom. The molecule has 118 valence electrons. The highest BCUT2D eigenvalue weighted by molar-refractivity contribution is 4.91. The molecule has 0 aromatic carbocycles. The molecule has 0 radical (unpaired) electrons. The summed E-state index contributed by atoms with van der Waals surface area (Å²) in [5.41, 5.74) is 6.28. The zero-order valence-corrected chi connectivity index (χ0v) is 13.9. The van der Waals surface area contributed by atoms with Crippen LogP contribution < -0.4 is 5.73 Å². The molecule has 3 nitrogen and oxygen atoms in total. The molecule has 0 aromatic heterocycles.